The van der Waals surface area contributed by atoms with Crippen LogP contribution in [0.25, 0.3) is 0 Å². The van der Waals surface area contributed by atoms with Crippen molar-refractivity contribution in [2.24, 2.45) is 5.90 Å². The largest absolute Gasteiger partial charge is 0.374 e. The molecule has 0 fully saturated rings. The molecule has 2 N–H and O–H groups in total. The van der Waals surface area contributed by atoms with E-state index in [4.69, 9.17) is 15.5 Å². The lowest BCUT2D eigenvalue weighted by molar-refractivity contribution is -0.109. The van der Waals surface area contributed by atoms with Crippen LogP contribution in [0.2, 0.25) is 0 Å². The summed E-state index contributed by atoms with van der Waals surface area (Å²) >= 11 is 0. The summed E-state index contributed by atoms with van der Waals surface area (Å²) in [6.07, 6.45) is 1.67. The smallest absolute Gasteiger partial charge is 0.120 e. The lowest BCUT2D eigenvalue weighted by atomic mass is 10.2. The van der Waals surface area contributed by atoms with Crippen LogP contribution in [-0.2, 0) is 21.0 Å². The van der Waals surface area contributed by atoms with Gasteiger partial charge >= 0.3 is 0 Å². The first-order chi connectivity index (χ1) is 7.86. The quantitative estimate of drug-likeness (QED) is 0.535. The number of rotatable bonds is 8. The molecule has 1 aromatic rings. The molecular weight excluding hydrogens is 206 g/mol. The predicted octanol–water partition coefficient (Wildman–Crippen LogP) is 1.44. The maximum Gasteiger partial charge on any atom is 0.120 e. The summed E-state index contributed by atoms with van der Waals surface area (Å²) in [6, 6.07) is 9.86. The van der Waals surface area contributed by atoms with Gasteiger partial charge in [0.2, 0.25) is 0 Å². The second kappa shape index (κ2) is 7.98. The molecule has 0 aromatic heterocycles. The van der Waals surface area contributed by atoms with E-state index in [1.54, 1.807) is 0 Å². The highest BCUT2D eigenvalue weighted by molar-refractivity contribution is 5.49. The zero-order valence-electron chi connectivity index (χ0n) is 9.17. The van der Waals surface area contributed by atoms with Crippen LogP contribution < -0.4 is 5.90 Å². The van der Waals surface area contributed by atoms with Crippen LogP contribution in [0.5, 0.6) is 0 Å². The third kappa shape index (κ3) is 5.02. The molecule has 1 atom stereocenters. The van der Waals surface area contributed by atoms with E-state index in [9.17, 15) is 4.79 Å². The summed E-state index contributed by atoms with van der Waals surface area (Å²) in [4.78, 5) is 14.9. The Hall–Kier alpha value is -1.23. The molecule has 0 aliphatic carbocycles. The average Bonchev–Trinajstić information content (AvgIpc) is 2.35. The van der Waals surface area contributed by atoms with E-state index in [0.717, 1.165) is 11.8 Å². The lowest BCUT2D eigenvalue weighted by Crippen LogP contribution is -2.23. The maximum atomic E-state index is 10.2. The molecule has 0 aliphatic rings. The van der Waals surface area contributed by atoms with Crippen LogP contribution >= 0.6 is 0 Å². The van der Waals surface area contributed by atoms with E-state index >= 15 is 0 Å². The van der Waals surface area contributed by atoms with Crippen LogP contribution in [-0.4, -0.2) is 19.0 Å². The Morgan fingerprint density at radius 1 is 1.31 bits per heavy atom. The van der Waals surface area contributed by atoms with Gasteiger partial charge in [-0.1, -0.05) is 30.3 Å². The lowest BCUT2D eigenvalue weighted by Gasteiger charge is -2.13. The molecule has 1 unspecified atom stereocenters. The molecule has 0 saturated carbocycles. The van der Waals surface area contributed by atoms with Gasteiger partial charge in [-0.3, -0.25) is 4.84 Å². The van der Waals surface area contributed by atoms with Gasteiger partial charge in [0.25, 0.3) is 0 Å². The highest BCUT2D eigenvalue weighted by Crippen LogP contribution is 2.04. The van der Waals surface area contributed by atoms with E-state index in [1.807, 2.05) is 30.3 Å². The second-order valence-corrected chi connectivity index (χ2v) is 3.50. The van der Waals surface area contributed by atoms with Crippen molar-refractivity contribution < 1.29 is 14.4 Å². The second-order valence-electron chi connectivity index (χ2n) is 3.50. The Labute approximate surface area is 95.3 Å². The Kier molecular flexibility index (Phi) is 6.41. The van der Waals surface area contributed by atoms with E-state index in [-0.39, 0.29) is 6.10 Å². The Morgan fingerprint density at radius 2 is 2.06 bits per heavy atom. The molecule has 4 heteroatoms. The van der Waals surface area contributed by atoms with Crippen molar-refractivity contribution in [1.29, 1.82) is 0 Å². The van der Waals surface area contributed by atoms with Crippen molar-refractivity contribution in [3.05, 3.63) is 35.9 Å². The minimum atomic E-state index is -0.214. The van der Waals surface area contributed by atoms with Gasteiger partial charge in [0.15, 0.2) is 0 Å². The minimum Gasteiger partial charge on any atom is -0.374 e. The number of hydrogen-bond donors (Lipinski definition) is 1. The monoisotopic (exact) mass is 223 g/mol. The zero-order valence-corrected chi connectivity index (χ0v) is 9.17. The fraction of sp³-hybridized carbons (Fsp3) is 0.417. The van der Waals surface area contributed by atoms with Crippen LogP contribution in [0.4, 0.5) is 0 Å². The Bertz CT molecular complexity index is 290. The fourth-order valence-electron chi connectivity index (χ4n) is 1.33. The van der Waals surface area contributed by atoms with E-state index in [0.29, 0.717) is 26.1 Å². The first-order valence-corrected chi connectivity index (χ1v) is 5.27. The molecule has 0 heterocycles. The summed E-state index contributed by atoms with van der Waals surface area (Å²) in [5.74, 6) is 5.10. The number of ether oxygens (including phenoxy) is 1. The molecule has 16 heavy (non-hydrogen) atoms. The summed E-state index contributed by atoms with van der Waals surface area (Å²) in [5, 5.41) is 0. The normalized spacial score (nSPS) is 12.3. The van der Waals surface area contributed by atoms with Gasteiger partial charge in [-0.2, -0.15) is 0 Å². The topological polar surface area (TPSA) is 61.5 Å². The standard InChI is InChI=1S/C12H17NO3/c13-16-12(7-4-8-14)10-15-9-11-5-2-1-3-6-11/h1-3,5-6,8,12H,4,7,9-10,13H2. The first kappa shape index (κ1) is 12.8. The van der Waals surface area contributed by atoms with Crippen molar-refractivity contribution in [3.63, 3.8) is 0 Å². The third-order valence-corrected chi connectivity index (χ3v) is 2.21. The van der Waals surface area contributed by atoms with Crippen molar-refractivity contribution >= 4 is 6.29 Å². The van der Waals surface area contributed by atoms with Gasteiger partial charge in [0.1, 0.15) is 12.4 Å². The summed E-state index contributed by atoms with van der Waals surface area (Å²) in [6.45, 7) is 0.932. The molecule has 0 saturated heterocycles. The summed E-state index contributed by atoms with van der Waals surface area (Å²) < 4.78 is 5.45. The van der Waals surface area contributed by atoms with Crippen molar-refractivity contribution in [3.8, 4) is 0 Å². The molecular formula is C12H17NO3. The zero-order chi connectivity index (χ0) is 11.6. The van der Waals surface area contributed by atoms with Crippen LogP contribution in [0.3, 0.4) is 0 Å². The van der Waals surface area contributed by atoms with Crippen molar-refractivity contribution in [2.75, 3.05) is 6.61 Å². The average molecular weight is 223 g/mol. The molecule has 0 aliphatic heterocycles. The maximum absolute atomic E-state index is 10.2. The van der Waals surface area contributed by atoms with E-state index in [1.165, 1.54) is 0 Å². The molecule has 0 bridgehead atoms. The fourth-order valence-corrected chi connectivity index (χ4v) is 1.33. The number of benzene rings is 1. The third-order valence-electron chi connectivity index (χ3n) is 2.21. The molecule has 1 aromatic carbocycles. The minimum absolute atomic E-state index is 0.214. The Balaban J connectivity index is 2.20. The molecule has 88 valence electrons. The molecule has 4 nitrogen and oxygen atoms in total. The van der Waals surface area contributed by atoms with E-state index in [2.05, 4.69) is 0 Å². The summed E-state index contributed by atoms with van der Waals surface area (Å²) in [5.41, 5.74) is 1.11. The van der Waals surface area contributed by atoms with Gasteiger partial charge in [0, 0.05) is 6.42 Å². The van der Waals surface area contributed by atoms with Crippen molar-refractivity contribution in [2.45, 2.75) is 25.6 Å². The highest BCUT2D eigenvalue weighted by atomic mass is 16.6. The van der Waals surface area contributed by atoms with Crippen LogP contribution in [0.15, 0.2) is 30.3 Å². The van der Waals surface area contributed by atoms with Gasteiger partial charge in [-0.15, -0.1) is 0 Å². The van der Waals surface area contributed by atoms with Crippen molar-refractivity contribution in [1.82, 2.24) is 0 Å². The van der Waals surface area contributed by atoms with E-state index < -0.39 is 0 Å². The number of nitrogens with two attached hydrogens (primary N) is 1. The number of carbonyl (C=O) groups excluding carboxylic acids is 1. The highest BCUT2D eigenvalue weighted by Gasteiger charge is 2.07. The number of aldehydes is 1. The Morgan fingerprint density at radius 3 is 2.69 bits per heavy atom. The molecule has 0 amide bonds. The van der Waals surface area contributed by atoms with Crippen LogP contribution in [0.1, 0.15) is 18.4 Å². The number of hydrogen-bond acceptors (Lipinski definition) is 4. The molecule has 0 spiro atoms. The van der Waals surface area contributed by atoms with Gasteiger partial charge in [-0.25, -0.2) is 5.90 Å². The first-order valence-electron chi connectivity index (χ1n) is 5.27. The van der Waals surface area contributed by atoms with Crippen LogP contribution in [0, 0.1) is 0 Å². The van der Waals surface area contributed by atoms with Gasteiger partial charge < -0.3 is 9.53 Å². The van der Waals surface area contributed by atoms with Gasteiger partial charge in [0.05, 0.1) is 13.2 Å². The SMILES string of the molecule is NOC(CCC=O)COCc1ccccc1. The molecule has 1 rings (SSSR count). The predicted molar refractivity (Wildman–Crippen MR) is 60.5 cm³/mol. The van der Waals surface area contributed by atoms with Gasteiger partial charge in [-0.05, 0) is 12.0 Å². The number of carbonyl (C=O) groups is 1. The summed E-state index contributed by atoms with van der Waals surface area (Å²) in [7, 11) is 0. The molecule has 0 radical (unpaired) electrons.